The average molecular weight is 291 g/mol. The van der Waals surface area contributed by atoms with Gasteiger partial charge in [0.05, 0.1) is 11.9 Å². The standard InChI is InChI=1S/C14H15BrN2/c1-10-3-4-12(7-13(10)15)8-17-14-9-16-6-5-11(14)2/h3-7,9,17H,8H2,1-2H3. The number of benzene rings is 1. The Hall–Kier alpha value is -1.35. The Morgan fingerprint density at radius 3 is 2.71 bits per heavy atom. The van der Waals surface area contributed by atoms with Crippen molar-refractivity contribution < 1.29 is 0 Å². The van der Waals surface area contributed by atoms with Gasteiger partial charge in [-0.05, 0) is 42.7 Å². The Labute approximate surface area is 110 Å². The lowest BCUT2D eigenvalue weighted by Crippen LogP contribution is -2.01. The number of rotatable bonds is 3. The van der Waals surface area contributed by atoms with Gasteiger partial charge in [0.2, 0.25) is 0 Å². The van der Waals surface area contributed by atoms with Gasteiger partial charge < -0.3 is 5.32 Å². The van der Waals surface area contributed by atoms with Crippen LogP contribution in [0.2, 0.25) is 0 Å². The second kappa shape index (κ2) is 5.32. The van der Waals surface area contributed by atoms with E-state index in [0.29, 0.717) is 0 Å². The van der Waals surface area contributed by atoms with Crippen molar-refractivity contribution in [2.24, 2.45) is 0 Å². The zero-order valence-electron chi connectivity index (χ0n) is 10.00. The second-order valence-corrected chi connectivity index (χ2v) is 4.98. The maximum Gasteiger partial charge on any atom is 0.0559 e. The molecule has 1 aromatic heterocycles. The third-order valence-electron chi connectivity index (χ3n) is 2.76. The van der Waals surface area contributed by atoms with Crippen molar-refractivity contribution in [2.45, 2.75) is 20.4 Å². The number of nitrogens with one attached hydrogen (secondary N) is 1. The summed E-state index contributed by atoms with van der Waals surface area (Å²) in [4.78, 5) is 4.12. The fourth-order valence-electron chi connectivity index (χ4n) is 1.59. The van der Waals surface area contributed by atoms with Gasteiger partial charge in [0.15, 0.2) is 0 Å². The molecular formula is C14H15BrN2. The highest BCUT2D eigenvalue weighted by molar-refractivity contribution is 9.10. The first-order chi connectivity index (χ1) is 8.16. The predicted octanol–water partition coefficient (Wildman–Crippen LogP) is 4.07. The summed E-state index contributed by atoms with van der Waals surface area (Å²) in [5.41, 5.74) is 4.81. The van der Waals surface area contributed by atoms with Gasteiger partial charge in [-0.15, -0.1) is 0 Å². The van der Waals surface area contributed by atoms with Crippen LogP contribution in [0, 0.1) is 13.8 Å². The van der Waals surface area contributed by atoms with E-state index in [1.165, 1.54) is 16.7 Å². The SMILES string of the molecule is Cc1ccc(CNc2cnccc2C)cc1Br. The van der Waals surface area contributed by atoms with Gasteiger partial charge in [0, 0.05) is 17.2 Å². The summed E-state index contributed by atoms with van der Waals surface area (Å²) in [7, 11) is 0. The van der Waals surface area contributed by atoms with E-state index in [2.05, 4.69) is 58.3 Å². The molecule has 0 atom stereocenters. The second-order valence-electron chi connectivity index (χ2n) is 4.13. The van der Waals surface area contributed by atoms with Gasteiger partial charge in [-0.2, -0.15) is 0 Å². The van der Waals surface area contributed by atoms with E-state index in [-0.39, 0.29) is 0 Å². The van der Waals surface area contributed by atoms with E-state index in [1.54, 1.807) is 0 Å². The fraction of sp³-hybridized carbons (Fsp3) is 0.214. The summed E-state index contributed by atoms with van der Waals surface area (Å²) in [6, 6.07) is 8.41. The Balaban J connectivity index is 2.08. The monoisotopic (exact) mass is 290 g/mol. The molecule has 2 rings (SSSR count). The third-order valence-corrected chi connectivity index (χ3v) is 3.61. The number of pyridine rings is 1. The fourth-order valence-corrected chi connectivity index (χ4v) is 2.02. The maximum atomic E-state index is 4.12. The largest absolute Gasteiger partial charge is 0.380 e. The van der Waals surface area contributed by atoms with Crippen molar-refractivity contribution in [3.05, 3.63) is 57.8 Å². The van der Waals surface area contributed by atoms with Crippen molar-refractivity contribution in [1.29, 1.82) is 0 Å². The molecule has 2 nitrogen and oxygen atoms in total. The lowest BCUT2D eigenvalue weighted by atomic mass is 10.1. The van der Waals surface area contributed by atoms with Crippen molar-refractivity contribution >= 4 is 21.6 Å². The molecule has 88 valence electrons. The minimum atomic E-state index is 0.811. The minimum absolute atomic E-state index is 0.811. The van der Waals surface area contributed by atoms with Gasteiger partial charge in [-0.25, -0.2) is 0 Å². The summed E-state index contributed by atoms with van der Waals surface area (Å²) in [5.74, 6) is 0. The highest BCUT2D eigenvalue weighted by Crippen LogP contribution is 2.19. The topological polar surface area (TPSA) is 24.9 Å². The normalized spacial score (nSPS) is 10.3. The molecule has 0 aliphatic rings. The Morgan fingerprint density at radius 1 is 1.18 bits per heavy atom. The molecule has 0 amide bonds. The number of hydrogen-bond donors (Lipinski definition) is 1. The number of aryl methyl sites for hydroxylation is 2. The van der Waals surface area contributed by atoms with Crippen LogP contribution in [0.15, 0.2) is 41.1 Å². The number of anilines is 1. The molecule has 0 fully saturated rings. The van der Waals surface area contributed by atoms with E-state index in [1.807, 2.05) is 18.5 Å². The summed E-state index contributed by atoms with van der Waals surface area (Å²) in [6.07, 6.45) is 3.67. The van der Waals surface area contributed by atoms with Gasteiger partial charge in [0.1, 0.15) is 0 Å². The van der Waals surface area contributed by atoms with E-state index in [9.17, 15) is 0 Å². The number of aromatic nitrogens is 1. The van der Waals surface area contributed by atoms with E-state index in [0.717, 1.165) is 16.7 Å². The van der Waals surface area contributed by atoms with Crippen LogP contribution in [-0.4, -0.2) is 4.98 Å². The summed E-state index contributed by atoms with van der Waals surface area (Å²) in [5, 5.41) is 3.39. The molecule has 1 aromatic carbocycles. The van der Waals surface area contributed by atoms with Crippen molar-refractivity contribution in [2.75, 3.05) is 5.32 Å². The van der Waals surface area contributed by atoms with Gasteiger partial charge >= 0.3 is 0 Å². The first kappa shape index (κ1) is 12.1. The summed E-state index contributed by atoms with van der Waals surface area (Å²) in [6.45, 7) is 4.98. The number of halogens is 1. The molecule has 17 heavy (non-hydrogen) atoms. The van der Waals surface area contributed by atoms with Crippen LogP contribution in [0.5, 0.6) is 0 Å². The van der Waals surface area contributed by atoms with E-state index >= 15 is 0 Å². The van der Waals surface area contributed by atoms with Crippen LogP contribution in [0.1, 0.15) is 16.7 Å². The summed E-state index contributed by atoms with van der Waals surface area (Å²) < 4.78 is 1.15. The van der Waals surface area contributed by atoms with Crippen LogP contribution < -0.4 is 5.32 Å². The first-order valence-corrected chi connectivity index (χ1v) is 6.35. The molecule has 0 spiro atoms. The smallest absolute Gasteiger partial charge is 0.0559 e. The van der Waals surface area contributed by atoms with Crippen LogP contribution in [0.4, 0.5) is 5.69 Å². The van der Waals surface area contributed by atoms with Crippen LogP contribution in [0.25, 0.3) is 0 Å². The van der Waals surface area contributed by atoms with Crippen molar-refractivity contribution in [1.82, 2.24) is 4.98 Å². The Bertz CT molecular complexity index is 523. The quantitative estimate of drug-likeness (QED) is 0.922. The average Bonchev–Trinajstić information content (AvgIpc) is 2.32. The molecule has 1 heterocycles. The highest BCUT2D eigenvalue weighted by Gasteiger charge is 1.99. The molecule has 0 saturated carbocycles. The minimum Gasteiger partial charge on any atom is -0.380 e. The van der Waals surface area contributed by atoms with Crippen molar-refractivity contribution in [3.8, 4) is 0 Å². The molecule has 2 aromatic rings. The highest BCUT2D eigenvalue weighted by atomic mass is 79.9. The molecule has 0 unspecified atom stereocenters. The van der Waals surface area contributed by atoms with Gasteiger partial charge in [-0.3, -0.25) is 4.98 Å². The first-order valence-electron chi connectivity index (χ1n) is 5.56. The van der Waals surface area contributed by atoms with E-state index < -0.39 is 0 Å². The molecule has 0 aliphatic carbocycles. The zero-order valence-corrected chi connectivity index (χ0v) is 11.6. The predicted molar refractivity (Wildman–Crippen MR) is 75.2 cm³/mol. The Morgan fingerprint density at radius 2 is 2.00 bits per heavy atom. The molecule has 3 heteroatoms. The van der Waals surface area contributed by atoms with Crippen LogP contribution in [-0.2, 0) is 6.54 Å². The molecule has 1 N–H and O–H groups in total. The molecule has 0 radical (unpaired) electrons. The lowest BCUT2D eigenvalue weighted by molar-refractivity contribution is 1.12. The zero-order chi connectivity index (χ0) is 12.3. The Kier molecular flexibility index (Phi) is 3.79. The molecular weight excluding hydrogens is 276 g/mol. The van der Waals surface area contributed by atoms with Crippen LogP contribution >= 0.6 is 15.9 Å². The number of nitrogens with zero attached hydrogens (tertiary/aromatic N) is 1. The molecule has 0 aliphatic heterocycles. The lowest BCUT2D eigenvalue weighted by Gasteiger charge is -2.09. The summed E-state index contributed by atoms with van der Waals surface area (Å²) >= 11 is 3.55. The van der Waals surface area contributed by atoms with Gasteiger partial charge in [-0.1, -0.05) is 28.1 Å². The third kappa shape index (κ3) is 3.07. The maximum absolute atomic E-state index is 4.12. The van der Waals surface area contributed by atoms with Crippen LogP contribution in [0.3, 0.4) is 0 Å². The molecule has 0 saturated heterocycles. The van der Waals surface area contributed by atoms with Crippen molar-refractivity contribution in [3.63, 3.8) is 0 Å². The van der Waals surface area contributed by atoms with E-state index in [4.69, 9.17) is 0 Å². The van der Waals surface area contributed by atoms with Gasteiger partial charge in [0.25, 0.3) is 0 Å². The number of hydrogen-bond acceptors (Lipinski definition) is 2. The molecule has 0 bridgehead atoms.